The topological polar surface area (TPSA) is 105 Å². The smallest absolute Gasteiger partial charge is 0.389 e. The Morgan fingerprint density at radius 2 is 0.972 bits per heavy atom. The van der Waals surface area contributed by atoms with Gasteiger partial charge in [-0.2, -0.15) is 26.3 Å². The number of esters is 4. The number of alkyl halides is 6. The molecule has 4 rings (SSSR count). The van der Waals surface area contributed by atoms with Crippen LogP contribution in [-0.2, 0) is 28.7 Å². The summed E-state index contributed by atoms with van der Waals surface area (Å²) in [5.41, 5.74) is 0.519. The first-order valence-electron chi connectivity index (χ1n) is 24.8. The Hall–Kier alpha value is -5.66. The van der Waals surface area contributed by atoms with E-state index in [-0.39, 0.29) is 49.2 Å². The third-order valence-corrected chi connectivity index (χ3v) is 12.8. The molecule has 0 aliphatic rings. The van der Waals surface area contributed by atoms with Gasteiger partial charge in [0.2, 0.25) is 0 Å². The molecule has 0 aromatic heterocycles. The quantitative estimate of drug-likeness (QED) is 0.0373. The van der Waals surface area contributed by atoms with Crippen LogP contribution >= 0.6 is 0 Å². The van der Waals surface area contributed by atoms with Gasteiger partial charge in [-0.3, -0.25) is 14.4 Å². The number of rotatable bonds is 20. The van der Waals surface area contributed by atoms with E-state index in [0.29, 0.717) is 49.5 Å². The molecule has 0 radical (unpaired) electrons. The van der Waals surface area contributed by atoms with E-state index in [1.807, 2.05) is 83.1 Å². The number of carbonyl (C=O) groups excluding carboxylic acids is 4. The average Bonchev–Trinajstić information content (AvgIpc) is 3.32. The van der Waals surface area contributed by atoms with Crippen molar-refractivity contribution in [3.63, 3.8) is 0 Å². The zero-order valence-electron chi connectivity index (χ0n) is 44.5. The number of hydrogen-bond donors (Lipinski definition) is 0. The molecule has 1 unspecified atom stereocenters. The fourth-order valence-electron chi connectivity index (χ4n) is 7.20. The van der Waals surface area contributed by atoms with E-state index in [4.69, 9.17) is 18.9 Å². The van der Waals surface area contributed by atoms with Crippen molar-refractivity contribution < 1.29 is 64.5 Å². The van der Waals surface area contributed by atoms with E-state index >= 15 is 0 Å². The van der Waals surface area contributed by atoms with Crippen LogP contribution in [0.1, 0.15) is 177 Å². The second-order valence-corrected chi connectivity index (χ2v) is 18.8. The van der Waals surface area contributed by atoms with Gasteiger partial charge in [0, 0.05) is 32.3 Å². The van der Waals surface area contributed by atoms with Crippen LogP contribution in [0.25, 0.3) is 27.6 Å². The minimum Gasteiger partial charge on any atom is -0.459 e. The molecule has 0 heterocycles. The molecule has 0 aliphatic carbocycles. The summed E-state index contributed by atoms with van der Waals surface area (Å²) in [7, 11) is 0. The van der Waals surface area contributed by atoms with Crippen LogP contribution in [0.2, 0.25) is 0 Å². The van der Waals surface area contributed by atoms with Gasteiger partial charge in [-0.15, -0.1) is 0 Å². The summed E-state index contributed by atoms with van der Waals surface area (Å²) < 4.78 is 94.0. The highest BCUT2D eigenvalue weighted by Gasteiger charge is 2.38. The van der Waals surface area contributed by atoms with Gasteiger partial charge in [-0.1, -0.05) is 110 Å². The molecule has 4 aromatic carbocycles. The van der Waals surface area contributed by atoms with E-state index in [0.717, 1.165) is 28.1 Å². The van der Waals surface area contributed by atoms with E-state index in [1.54, 1.807) is 26.0 Å². The fourth-order valence-corrected chi connectivity index (χ4v) is 7.20. The first-order chi connectivity index (χ1) is 33.5. The summed E-state index contributed by atoms with van der Waals surface area (Å²) in [6.45, 7) is 28.7. The van der Waals surface area contributed by atoms with E-state index in [2.05, 4.69) is 45.2 Å². The Morgan fingerprint density at radius 1 is 0.569 bits per heavy atom. The molecule has 400 valence electrons. The summed E-state index contributed by atoms with van der Waals surface area (Å²) in [6.07, 6.45) is -3.91. The third-order valence-electron chi connectivity index (χ3n) is 12.8. The predicted octanol–water partition coefficient (Wildman–Crippen LogP) is 17.3. The second kappa shape index (κ2) is 29.8. The van der Waals surface area contributed by atoms with Gasteiger partial charge in [-0.05, 0) is 154 Å². The van der Waals surface area contributed by atoms with Crippen molar-refractivity contribution in [1.82, 2.24) is 0 Å². The summed E-state index contributed by atoms with van der Waals surface area (Å²) in [6, 6.07) is 23.8. The molecule has 0 bridgehead atoms. The minimum atomic E-state index is -4.16. The normalized spacial score (nSPS) is 12.1. The van der Waals surface area contributed by atoms with Crippen molar-refractivity contribution >= 4 is 51.5 Å². The molecule has 0 amide bonds. The first-order valence-corrected chi connectivity index (χ1v) is 24.8. The van der Waals surface area contributed by atoms with Gasteiger partial charge in [0.25, 0.3) is 0 Å². The number of fused-ring (bicyclic) bond motifs is 2. The lowest BCUT2D eigenvalue weighted by Crippen LogP contribution is -2.39. The average molecular weight is 1020 g/mol. The van der Waals surface area contributed by atoms with Crippen molar-refractivity contribution in [1.29, 1.82) is 0 Å². The van der Waals surface area contributed by atoms with Crippen LogP contribution in [-0.4, -0.2) is 47.4 Å². The van der Waals surface area contributed by atoms with Crippen LogP contribution in [0.3, 0.4) is 0 Å². The summed E-state index contributed by atoms with van der Waals surface area (Å²) in [5, 5.41) is 4.43. The summed E-state index contributed by atoms with van der Waals surface area (Å²) in [4.78, 5) is 45.4. The monoisotopic (exact) mass is 1020 g/mol. The van der Waals surface area contributed by atoms with Crippen molar-refractivity contribution in [3.8, 4) is 11.5 Å². The molecule has 0 N–H and O–H groups in total. The van der Waals surface area contributed by atoms with Gasteiger partial charge in [0.05, 0.1) is 5.41 Å². The molecule has 0 aliphatic heterocycles. The molecule has 4 aromatic rings. The lowest BCUT2D eigenvalue weighted by molar-refractivity contribution is -0.174. The van der Waals surface area contributed by atoms with Crippen LogP contribution in [0.4, 0.5) is 26.3 Å². The van der Waals surface area contributed by atoms with Crippen LogP contribution < -0.4 is 9.47 Å². The van der Waals surface area contributed by atoms with Gasteiger partial charge in [-0.25, -0.2) is 4.79 Å². The molecule has 0 fully saturated rings. The molecule has 72 heavy (non-hydrogen) atoms. The third kappa shape index (κ3) is 23.3. The minimum absolute atomic E-state index is 0.00892. The second-order valence-electron chi connectivity index (χ2n) is 18.8. The number of carbonyl (C=O) groups is 4. The maximum Gasteiger partial charge on any atom is 0.389 e. The maximum atomic E-state index is 12.2. The Kier molecular flexibility index (Phi) is 26.6. The molecular formula is C58H78F6O8. The zero-order chi connectivity index (χ0) is 55.1. The van der Waals surface area contributed by atoms with E-state index < -0.39 is 47.8 Å². The lowest BCUT2D eigenvalue weighted by atomic mass is 9.87. The molecule has 0 spiro atoms. The van der Waals surface area contributed by atoms with Gasteiger partial charge in [0.15, 0.2) is 0 Å². The standard InChI is InChI=1S/C16H18O2.C15H27F3O2.C14H12O2.C13H21F3O2/c1-4-11(2)13-5-6-15-10-16(18-12(3)17)8-7-14(15)9-13;1-6-13(4,5)12(19)20-14(7-2,8-3)10-9-11-15(16,17)18;1-3-11-4-5-13-9-14(16-10(2)15)7-6-12(13)8-11;1-5-12(6-2,18-11(17)10(3)4)8-7-9-13(14,15)16/h5-11H,4H2,1-3H3;6-11H2,1-5H3;3-9H,1H2,2H3;3,5-9H2,1-2,4H3. The largest absolute Gasteiger partial charge is 0.459 e. The maximum absolute atomic E-state index is 12.2. The SMILES string of the molecule is C=C(C)C(=O)OC(CC)(CC)CCCC(F)(F)F.C=Cc1ccc2cc(OC(C)=O)ccc2c1.CCC(C)c1ccc2cc(OC(C)=O)ccc2c1.CCC(CC)(CCCC(F)(F)F)OC(=O)C(C)(C)CC. The van der Waals surface area contributed by atoms with Gasteiger partial charge in [0.1, 0.15) is 22.7 Å². The highest BCUT2D eigenvalue weighted by atomic mass is 19.4. The number of benzene rings is 4. The van der Waals surface area contributed by atoms with E-state index in [9.17, 15) is 45.5 Å². The first kappa shape index (κ1) is 64.4. The predicted molar refractivity (Wildman–Crippen MR) is 277 cm³/mol. The molecule has 14 heteroatoms. The Bertz CT molecular complexity index is 2370. The molecule has 0 saturated carbocycles. The van der Waals surface area contributed by atoms with Crippen LogP contribution in [0.5, 0.6) is 11.5 Å². The Labute approximate surface area is 423 Å². The molecule has 0 saturated heterocycles. The van der Waals surface area contributed by atoms with Gasteiger partial charge < -0.3 is 18.9 Å². The van der Waals surface area contributed by atoms with E-state index in [1.165, 1.54) is 31.7 Å². The van der Waals surface area contributed by atoms with Crippen molar-refractivity contribution in [2.75, 3.05) is 0 Å². The summed E-state index contributed by atoms with van der Waals surface area (Å²) >= 11 is 0. The van der Waals surface area contributed by atoms with Crippen LogP contribution in [0, 0.1) is 5.41 Å². The fraction of sp³-hybridized carbons (Fsp3) is 0.517. The highest BCUT2D eigenvalue weighted by molar-refractivity contribution is 5.88. The number of halogens is 6. The van der Waals surface area contributed by atoms with Crippen molar-refractivity contribution in [2.24, 2.45) is 5.41 Å². The lowest BCUT2D eigenvalue weighted by Gasteiger charge is -2.35. The van der Waals surface area contributed by atoms with Crippen LogP contribution in [0.15, 0.2) is 91.5 Å². The molecule has 8 nitrogen and oxygen atoms in total. The Balaban J connectivity index is 0.000000481. The van der Waals surface area contributed by atoms with Gasteiger partial charge >= 0.3 is 36.2 Å². The zero-order valence-corrected chi connectivity index (χ0v) is 44.5. The van der Waals surface area contributed by atoms with Crippen molar-refractivity contribution in [3.05, 3.63) is 103 Å². The Morgan fingerprint density at radius 3 is 1.35 bits per heavy atom. The highest BCUT2D eigenvalue weighted by Crippen LogP contribution is 2.35. The number of hydrogen-bond acceptors (Lipinski definition) is 8. The molecular weight excluding hydrogens is 939 g/mol. The number of ether oxygens (including phenoxy) is 4. The molecule has 1 atom stereocenters. The van der Waals surface area contributed by atoms with Crippen molar-refractivity contribution in [2.45, 2.75) is 190 Å². The summed E-state index contributed by atoms with van der Waals surface area (Å²) in [5.74, 6) is 0.300.